The third-order valence-corrected chi connectivity index (χ3v) is 8.62. The lowest BCUT2D eigenvalue weighted by Crippen LogP contribution is -2.32. The predicted octanol–water partition coefficient (Wildman–Crippen LogP) is 5.75. The van der Waals surface area contributed by atoms with Crippen LogP contribution in [-0.4, -0.2) is 52.4 Å². The number of ether oxygens (including phenoxy) is 1. The Morgan fingerprint density at radius 2 is 1.37 bits per heavy atom. The molecule has 4 aromatic carbocycles. The first kappa shape index (κ1) is 30.2. The maximum absolute atomic E-state index is 14.3. The molecule has 2 aliphatic rings. The van der Waals surface area contributed by atoms with Crippen molar-refractivity contribution in [2.24, 2.45) is 5.92 Å². The Morgan fingerprint density at radius 3 is 2.07 bits per heavy atom. The Hall–Kier alpha value is -5.84. The molecule has 0 unspecified atom stereocenters. The van der Waals surface area contributed by atoms with E-state index in [1.54, 1.807) is 13.0 Å². The van der Waals surface area contributed by atoms with Crippen molar-refractivity contribution in [3.05, 3.63) is 100 Å². The second kappa shape index (κ2) is 11.3. The fourth-order valence-electron chi connectivity index (χ4n) is 6.69. The van der Waals surface area contributed by atoms with Gasteiger partial charge in [0.25, 0.3) is 0 Å². The molecule has 46 heavy (non-hydrogen) atoms. The van der Waals surface area contributed by atoms with Gasteiger partial charge in [-0.1, -0.05) is 17.7 Å². The van der Waals surface area contributed by atoms with Crippen molar-refractivity contribution in [3.63, 3.8) is 0 Å². The first-order chi connectivity index (χ1) is 21.8. The molecule has 0 fully saturated rings. The van der Waals surface area contributed by atoms with E-state index in [1.807, 2.05) is 0 Å². The van der Waals surface area contributed by atoms with Crippen LogP contribution >= 0.6 is 0 Å². The second-order valence-electron chi connectivity index (χ2n) is 11.7. The van der Waals surface area contributed by atoms with Crippen LogP contribution in [0.15, 0.2) is 72.3 Å². The molecule has 0 bridgehead atoms. The largest absolute Gasteiger partial charge is 0.508 e. The number of phenolic OH excluding ortho intramolecular Hbond substituents is 8. The Balaban J connectivity index is 1.51. The summed E-state index contributed by atoms with van der Waals surface area (Å²) in [6, 6.07) is 12.2. The van der Waals surface area contributed by atoms with Crippen LogP contribution in [0.4, 0.5) is 0 Å². The van der Waals surface area contributed by atoms with Gasteiger partial charge in [-0.15, -0.1) is 0 Å². The summed E-state index contributed by atoms with van der Waals surface area (Å²) in [7, 11) is 0. The van der Waals surface area contributed by atoms with Crippen LogP contribution < -0.4 is 4.74 Å². The van der Waals surface area contributed by atoms with E-state index in [2.05, 4.69) is 0 Å². The summed E-state index contributed by atoms with van der Waals surface area (Å²) >= 11 is 0. The molecule has 1 aliphatic heterocycles. The average molecular weight is 627 g/mol. The molecule has 0 amide bonds. The number of benzene rings is 4. The number of rotatable bonds is 5. The van der Waals surface area contributed by atoms with Crippen molar-refractivity contribution in [3.8, 4) is 51.7 Å². The Morgan fingerprint density at radius 1 is 0.717 bits per heavy atom. The molecule has 11 nitrogen and oxygen atoms in total. The van der Waals surface area contributed by atoms with Crippen molar-refractivity contribution in [1.82, 2.24) is 0 Å². The Labute approximate surface area is 262 Å². The molecular weight excluding hydrogens is 596 g/mol. The van der Waals surface area contributed by atoms with Gasteiger partial charge >= 0.3 is 0 Å². The number of aromatic hydroxyl groups is 8. The van der Waals surface area contributed by atoms with E-state index in [0.717, 1.165) is 23.8 Å². The van der Waals surface area contributed by atoms with Crippen molar-refractivity contribution in [1.29, 1.82) is 0 Å². The molecule has 0 spiro atoms. The van der Waals surface area contributed by atoms with E-state index in [4.69, 9.17) is 4.74 Å². The molecule has 8 N–H and O–H groups in total. The lowest BCUT2D eigenvalue weighted by atomic mass is 9.65. The molecule has 236 valence electrons. The van der Waals surface area contributed by atoms with Crippen molar-refractivity contribution >= 4 is 11.6 Å². The van der Waals surface area contributed by atoms with E-state index in [9.17, 15) is 50.4 Å². The van der Waals surface area contributed by atoms with Gasteiger partial charge in [-0.25, -0.2) is 0 Å². The summed E-state index contributed by atoms with van der Waals surface area (Å²) in [5.41, 5.74) is 0.912. The SMILES string of the molecule is CC1=C[C@@H](c2c(O)ccc([C@@H]3CC(=O)c4c(O)cc(O)cc4O3)c2O)[C@H](C(=O)c2cc(O)cc(O)c2)[C@@H](c2ccc(O)cc2O)C1. The normalized spacial score (nSPS) is 20.8. The van der Waals surface area contributed by atoms with E-state index in [0.29, 0.717) is 5.56 Å². The molecule has 0 aromatic heterocycles. The molecule has 0 saturated heterocycles. The van der Waals surface area contributed by atoms with Gasteiger partial charge in [0.05, 0.1) is 6.42 Å². The molecule has 1 heterocycles. The minimum Gasteiger partial charge on any atom is -0.508 e. The smallest absolute Gasteiger partial charge is 0.174 e. The highest BCUT2D eigenvalue weighted by Gasteiger charge is 2.43. The minimum atomic E-state index is -1.13. The van der Waals surface area contributed by atoms with Crippen molar-refractivity contribution in [2.75, 3.05) is 0 Å². The number of phenols is 8. The third kappa shape index (κ3) is 5.25. The minimum absolute atomic E-state index is 0.0590. The van der Waals surface area contributed by atoms with Crippen LogP contribution in [0.2, 0.25) is 0 Å². The summed E-state index contributed by atoms with van der Waals surface area (Å²) in [6.07, 6.45) is 0.581. The van der Waals surface area contributed by atoms with E-state index in [-0.39, 0.29) is 75.3 Å². The topological polar surface area (TPSA) is 205 Å². The van der Waals surface area contributed by atoms with Crippen molar-refractivity contribution in [2.45, 2.75) is 37.7 Å². The molecule has 4 aromatic rings. The van der Waals surface area contributed by atoms with E-state index in [1.165, 1.54) is 42.5 Å². The quantitative estimate of drug-likeness (QED) is 0.0988. The summed E-state index contributed by atoms with van der Waals surface area (Å²) in [5, 5.41) is 84.3. The monoisotopic (exact) mass is 626 g/mol. The van der Waals surface area contributed by atoms with E-state index >= 15 is 0 Å². The number of hydrogen-bond acceptors (Lipinski definition) is 11. The van der Waals surface area contributed by atoms with Gasteiger partial charge < -0.3 is 45.6 Å². The zero-order valence-corrected chi connectivity index (χ0v) is 24.4. The van der Waals surface area contributed by atoms with Crippen LogP contribution in [0.3, 0.4) is 0 Å². The highest BCUT2D eigenvalue weighted by molar-refractivity contribution is 6.03. The van der Waals surface area contributed by atoms with Gasteiger partial charge in [-0.2, -0.15) is 0 Å². The van der Waals surface area contributed by atoms with Crippen LogP contribution in [0.25, 0.3) is 0 Å². The maximum atomic E-state index is 14.3. The lowest BCUT2D eigenvalue weighted by molar-refractivity contribution is 0.0841. The number of carbonyl (C=O) groups excluding carboxylic acids is 2. The molecule has 6 rings (SSSR count). The fourth-order valence-corrected chi connectivity index (χ4v) is 6.69. The first-order valence-corrected chi connectivity index (χ1v) is 14.4. The van der Waals surface area contributed by atoms with Gasteiger partial charge in [0.2, 0.25) is 0 Å². The zero-order valence-electron chi connectivity index (χ0n) is 24.4. The number of carbonyl (C=O) groups is 2. The van der Waals surface area contributed by atoms with Gasteiger partial charge in [0.15, 0.2) is 11.6 Å². The molecule has 4 atom stereocenters. The highest BCUT2D eigenvalue weighted by Crippen LogP contribution is 2.54. The van der Waals surface area contributed by atoms with Crippen LogP contribution in [-0.2, 0) is 0 Å². The molecular formula is C35H30O11. The van der Waals surface area contributed by atoms with Gasteiger partial charge in [0.1, 0.15) is 63.4 Å². The Kier molecular flexibility index (Phi) is 7.39. The summed E-state index contributed by atoms with van der Waals surface area (Å²) in [5.74, 6) is -6.97. The second-order valence-corrected chi connectivity index (χ2v) is 11.7. The highest BCUT2D eigenvalue weighted by atomic mass is 16.5. The van der Waals surface area contributed by atoms with Gasteiger partial charge in [-0.05, 0) is 49.2 Å². The molecule has 0 radical (unpaired) electrons. The summed E-state index contributed by atoms with van der Waals surface area (Å²) < 4.78 is 5.94. The number of fused-ring (bicyclic) bond motifs is 1. The zero-order chi connectivity index (χ0) is 33.0. The number of hydrogen-bond donors (Lipinski definition) is 8. The summed E-state index contributed by atoms with van der Waals surface area (Å²) in [4.78, 5) is 27.4. The maximum Gasteiger partial charge on any atom is 0.174 e. The van der Waals surface area contributed by atoms with Crippen LogP contribution in [0.1, 0.15) is 75.1 Å². The van der Waals surface area contributed by atoms with Crippen LogP contribution in [0, 0.1) is 5.92 Å². The molecule has 11 heteroatoms. The molecule has 0 saturated carbocycles. The average Bonchev–Trinajstić information content (AvgIpc) is 2.95. The third-order valence-electron chi connectivity index (χ3n) is 8.62. The number of Topliss-reactive ketones (excluding diaryl/α,β-unsaturated/α-hetero) is 2. The first-order valence-electron chi connectivity index (χ1n) is 14.4. The Bertz CT molecular complexity index is 1920. The van der Waals surface area contributed by atoms with Crippen molar-refractivity contribution < 1.29 is 55.2 Å². The van der Waals surface area contributed by atoms with Gasteiger partial charge in [0, 0.05) is 58.7 Å². The van der Waals surface area contributed by atoms with Crippen LogP contribution in [0.5, 0.6) is 51.7 Å². The predicted molar refractivity (Wildman–Crippen MR) is 163 cm³/mol. The molecule has 1 aliphatic carbocycles. The lowest BCUT2D eigenvalue weighted by Gasteiger charge is -2.37. The summed E-state index contributed by atoms with van der Waals surface area (Å²) in [6.45, 7) is 1.79. The number of ketones is 2. The van der Waals surface area contributed by atoms with Gasteiger partial charge in [-0.3, -0.25) is 9.59 Å². The fraction of sp³-hybridized carbons (Fsp3) is 0.200. The van der Waals surface area contributed by atoms with E-state index < -0.39 is 46.9 Å². The standard InChI is InChI=1S/C35H30O11/c1-15-6-23(21-3-2-17(36)11-26(21)41)31(34(44)16-8-18(37)10-19(38)9-16)24(7-15)32-25(40)5-4-22(35(32)45)29-14-28(43)33-27(42)12-20(39)13-30(33)46-29/h2-5,7-13,23-24,29,31,36-42,45H,6,14H2,1H3/t23-,24-,29+,31-/m1/s1. The number of allylic oxidation sites excluding steroid dienone is 2.